The molecule has 0 atom stereocenters. The number of halogens is 2. The molecule has 0 saturated carbocycles. The van der Waals surface area contributed by atoms with Crippen molar-refractivity contribution >= 4 is 27.5 Å². The Balaban J connectivity index is 2.18. The molecule has 108 valence electrons. The molecule has 2 rings (SSSR count). The van der Waals surface area contributed by atoms with Gasteiger partial charge in [-0.3, -0.25) is 0 Å². The number of benzene rings is 2. The molecule has 0 aliphatic heterocycles. The summed E-state index contributed by atoms with van der Waals surface area (Å²) < 4.78 is 12.0. The van der Waals surface area contributed by atoms with Crippen molar-refractivity contribution in [2.45, 2.75) is 12.5 Å². The van der Waals surface area contributed by atoms with Crippen LogP contribution in [0.15, 0.2) is 40.9 Å². The van der Waals surface area contributed by atoms with Crippen molar-refractivity contribution in [3.05, 3.63) is 57.6 Å². The molecule has 0 aliphatic rings. The summed E-state index contributed by atoms with van der Waals surface area (Å²) in [6.45, 7) is 0.321. The Morgan fingerprint density at radius 1 is 1.19 bits per heavy atom. The van der Waals surface area contributed by atoms with E-state index in [1.54, 1.807) is 25.3 Å². The number of hydrogen-bond donors (Lipinski definition) is 0. The number of rotatable bonds is 5. The Morgan fingerprint density at radius 3 is 2.67 bits per heavy atom. The highest BCUT2D eigenvalue weighted by atomic mass is 79.9. The van der Waals surface area contributed by atoms with E-state index in [0.29, 0.717) is 23.8 Å². The van der Waals surface area contributed by atoms with Gasteiger partial charge in [0.25, 0.3) is 0 Å². The fraction of sp³-hybridized carbons (Fsp3) is 0.188. The minimum atomic E-state index is 0.321. The number of methoxy groups -OCH3 is 1. The van der Waals surface area contributed by atoms with Gasteiger partial charge in [0.2, 0.25) is 0 Å². The maximum atomic E-state index is 8.96. The van der Waals surface area contributed by atoms with E-state index in [1.807, 2.05) is 18.2 Å². The van der Waals surface area contributed by atoms with Gasteiger partial charge < -0.3 is 9.47 Å². The minimum Gasteiger partial charge on any atom is -0.496 e. The van der Waals surface area contributed by atoms with Crippen LogP contribution in [0.5, 0.6) is 11.5 Å². The Labute approximate surface area is 137 Å². The van der Waals surface area contributed by atoms with Gasteiger partial charge in [0.05, 0.1) is 18.7 Å². The van der Waals surface area contributed by atoms with Crippen molar-refractivity contribution < 1.29 is 9.47 Å². The van der Waals surface area contributed by atoms with Crippen molar-refractivity contribution in [3.8, 4) is 17.6 Å². The van der Waals surface area contributed by atoms with Gasteiger partial charge in [0.15, 0.2) is 0 Å². The predicted octanol–water partition coefficient (Wildman–Crippen LogP) is 4.65. The maximum absolute atomic E-state index is 8.96. The van der Waals surface area contributed by atoms with Gasteiger partial charge >= 0.3 is 0 Å². The van der Waals surface area contributed by atoms with Crippen LogP contribution in [-0.4, -0.2) is 7.11 Å². The van der Waals surface area contributed by atoms with Crippen LogP contribution in [0.3, 0.4) is 0 Å². The van der Waals surface area contributed by atoms with Crippen molar-refractivity contribution in [3.63, 3.8) is 0 Å². The van der Waals surface area contributed by atoms with E-state index in [9.17, 15) is 0 Å². The average Bonchev–Trinajstić information content (AvgIpc) is 2.53. The first kappa shape index (κ1) is 15.7. The Bertz CT molecular complexity index is 682. The lowest BCUT2D eigenvalue weighted by Gasteiger charge is -2.11. The molecule has 0 unspecified atom stereocenters. The standard InChI is InChI=1S/C16H13BrClNO2/c1-20-16-5-2-11(9-19)6-13(16)10-21-14-3-4-15(17)12(7-14)8-18/h2-7H,8,10H2,1H3. The van der Waals surface area contributed by atoms with E-state index in [2.05, 4.69) is 22.0 Å². The zero-order valence-corrected chi connectivity index (χ0v) is 13.7. The summed E-state index contributed by atoms with van der Waals surface area (Å²) in [5, 5.41) is 8.96. The third-order valence-electron chi connectivity index (χ3n) is 2.96. The normalized spacial score (nSPS) is 10.0. The van der Waals surface area contributed by atoms with Crippen LogP contribution in [0.4, 0.5) is 0 Å². The fourth-order valence-corrected chi connectivity index (χ4v) is 2.63. The van der Waals surface area contributed by atoms with Gasteiger partial charge in [0, 0.05) is 15.9 Å². The van der Waals surface area contributed by atoms with E-state index in [4.69, 9.17) is 26.3 Å². The highest BCUT2D eigenvalue weighted by Gasteiger charge is 2.07. The number of nitriles is 1. The van der Waals surface area contributed by atoms with E-state index in [0.717, 1.165) is 21.3 Å². The Hall–Kier alpha value is -1.70. The van der Waals surface area contributed by atoms with Gasteiger partial charge in [-0.25, -0.2) is 0 Å². The van der Waals surface area contributed by atoms with Gasteiger partial charge in [-0.2, -0.15) is 5.26 Å². The number of alkyl halides is 1. The van der Waals surface area contributed by atoms with Crippen LogP contribution < -0.4 is 9.47 Å². The monoisotopic (exact) mass is 365 g/mol. The molecule has 0 N–H and O–H groups in total. The summed E-state index contributed by atoms with van der Waals surface area (Å²) in [7, 11) is 1.59. The van der Waals surface area contributed by atoms with Crippen LogP contribution in [0.25, 0.3) is 0 Å². The van der Waals surface area contributed by atoms with E-state index in [1.165, 1.54) is 0 Å². The topological polar surface area (TPSA) is 42.2 Å². The van der Waals surface area contributed by atoms with Gasteiger partial charge in [-0.15, -0.1) is 11.6 Å². The summed E-state index contributed by atoms with van der Waals surface area (Å²) in [5.74, 6) is 1.83. The first-order chi connectivity index (χ1) is 10.2. The van der Waals surface area contributed by atoms with Crippen molar-refractivity contribution in [2.24, 2.45) is 0 Å². The SMILES string of the molecule is COc1ccc(C#N)cc1COc1ccc(Br)c(CCl)c1. The highest BCUT2D eigenvalue weighted by Crippen LogP contribution is 2.26. The highest BCUT2D eigenvalue weighted by molar-refractivity contribution is 9.10. The van der Waals surface area contributed by atoms with Gasteiger partial charge in [0.1, 0.15) is 18.1 Å². The molecule has 0 bridgehead atoms. The quantitative estimate of drug-likeness (QED) is 0.724. The molecule has 0 spiro atoms. The lowest BCUT2D eigenvalue weighted by atomic mass is 10.1. The molecule has 21 heavy (non-hydrogen) atoms. The van der Waals surface area contributed by atoms with Crippen molar-refractivity contribution in [1.29, 1.82) is 5.26 Å². The predicted molar refractivity (Wildman–Crippen MR) is 85.7 cm³/mol. The van der Waals surface area contributed by atoms with Crippen LogP contribution in [0.1, 0.15) is 16.7 Å². The number of hydrogen-bond acceptors (Lipinski definition) is 3. The molecule has 0 radical (unpaired) electrons. The van der Waals surface area contributed by atoms with Gasteiger partial charge in [-0.05, 0) is 42.0 Å². The molecule has 2 aromatic carbocycles. The average molecular weight is 367 g/mol. The maximum Gasteiger partial charge on any atom is 0.125 e. The molecule has 2 aromatic rings. The lowest BCUT2D eigenvalue weighted by Crippen LogP contribution is -2.00. The molecule has 0 aromatic heterocycles. The van der Waals surface area contributed by atoms with Crippen LogP contribution in [0.2, 0.25) is 0 Å². The second-order valence-corrected chi connectivity index (χ2v) is 5.44. The summed E-state index contributed by atoms with van der Waals surface area (Å²) in [5.41, 5.74) is 2.37. The van der Waals surface area contributed by atoms with Crippen molar-refractivity contribution in [1.82, 2.24) is 0 Å². The molecular formula is C16H13BrClNO2. The molecule has 5 heteroatoms. The molecule has 0 saturated heterocycles. The minimum absolute atomic E-state index is 0.321. The molecule has 0 amide bonds. The molecular weight excluding hydrogens is 354 g/mol. The summed E-state index contributed by atoms with van der Waals surface area (Å²) in [6, 6.07) is 13.0. The smallest absolute Gasteiger partial charge is 0.125 e. The summed E-state index contributed by atoms with van der Waals surface area (Å²) >= 11 is 9.30. The Kier molecular flexibility index (Phi) is 5.49. The third-order valence-corrected chi connectivity index (χ3v) is 4.03. The fourth-order valence-electron chi connectivity index (χ4n) is 1.87. The zero-order chi connectivity index (χ0) is 15.2. The molecule has 0 aliphatic carbocycles. The van der Waals surface area contributed by atoms with E-state index in [-0.39, 0.29) is 0 Å². The summed E-state index contributed by atoms with van der Waals surface area (Å²) in [6.07, 6.45) is 0. The largest absolute Gasteiger partial charge is 0.496 e. The first-order valence-electron chi connectivity index (χ1n) is 6.22. The second kappa shape index (κ2) is 7.35. The van der Waals surface area contributed by atoms with Crippen LogP contribution in [-0.2, 0) is 12.5 Å². The summed E-state index contributed by atoms with van der Waals surface area (Å²) in [4.78, 5) is 0. The first-order valence-corrected chi connectivity index (χ1v) is 7.55. The van der Waals surface area contributed by atoms with Crippen LogP contribution in [0, 0.1) is 11.3 Å². The molecule has 0 heterocycles. The number of nitrogens with zero attached hydrogens (tertiary/aromatic N) is 1. The molecule has 0 fully saturated rings. The van der Waals surface area contributed by atoms with Gasteiger partial charge in [-0.1, -0.05) is 15.9 Å². The second-order valence-electron chi connectivity index (χ2n) is 4.31. The van der Waals surface area contributed by atoms with Crippen molar-refractivity contribution in [2.75, 3.05) is 7.11 Å². The number of ether oxygens (including phenoxy) is 2. The van der Waals surface area contributed by atoms with E-state index < -0.39 is 0 Å². The Morgan fingerprint density at radius 2 is 2.00 bits per heavy atom. The molecule has 3 nitrogen and oxygen atoms in total. The lowest BCUT2D eigenvalue weighted by molar-refractivity contribution is 0.296. The zero-order valence-electron chi connectivity index (χ0n) is 11.4. The van der Waals surface area contributed by atoms with Crippen LogP contribution >= 0.6 is 27.5 Å². The third kappa shape index (κ3) is 3.90. The van der Waals surface area contributed by atoms with E-state index >= 15 is 0 Å².